The Balaban J connectivity index is 1.35. The third kappa shape index (κ3) is 6.22. The highest BCUT2D eigenvalue weighted by molar-refractivity contribution is 7.91. The van der Waals surface area contributed by atoms with Crippen LogP contribution >= 0.6 is 0 Å². The van der Waals surface area contributed by atoms with E-state index in [9.17, 15) is 16.8 Å². The predicted molar refractivity (Wildman–Crippen MR) is 147 cm³/mol. The van der Waals surface area contributed by atoms with Crippen molar-refractivity contribution in [1.29, 1.82) is 0 Å². The smallest absolute Gasteiger partial charge is 0.206 e. The Bertz CT molecular complexity index is 1640. The predicted octanol–water partition coefficient (Wildman–Crippen LogP) is 6.30. The van der Waals surface area contributed by atoms with Crippen LogP contribution in [0, 0.1) is 13.8 Å². The maximum absolute atomic E-state index is 12.8. The summed E-state index contributed by atoms with van der Waals surface area (Å²) in [7, 11) is -7.14. The normalized spacial score (nSPS) is 12.3. The summed E-state index contributed by atoms with van der Waals surface area (Å²) in [5.41, 5.74) is 3.32. The van der Waals surface area contributed by atoms with Gasteiger partial charge in [0.25, 0.3) is 0 Å². The van der Waals surface area contributed by atoms with Crippen LogP contribution in [0.3, 0.4) is 0 Å². The van der Waals surface area contributed by atoms with Gasteiger partial charge in [-0.3, -0.25) is 4.99 Å². The monoisotopic (exact) mass is 530 g/mol. The third-order valence-corrected chi connectivity index (χ3v) is 9.20. The van der Waals surface area contributed by atoms with Gasteiger partial charge < -0.3 is 5.32 Å². The number of rotatable bonds is 8. The van der Waals surface area contributed by atoms with Crippen LogP contribution < -0.4 is 5.32 Å². The van der Waals surface area contributed by atoms with Gasteiger partial charge in [-0.15, -0.1) is 0 Å². The molecule has 0 aliphatic heterocycles. The largest absolute Gasteiger partial charge is 0.362 e. The molecule has 8 heteroatoms. The SMILES string of the molecule is Cc1ccc(S(=O)(=O)c2ccc(N=C/C=C\Nc3ccc(S(=O)(=O)c4ccc(C)cc4)cc3)cc2)cc1. The van der Waals surface area contributed by atoms with E-state index in [1.165, 1.54) is 12.1 Å². The molecule has 0 bridgehead atoms. The Morgan fingerprint density at radius 2 is 0.946 bits per heavy atom. The minimum atomic E-state index is -3.58. The van der Waals surface area contributed by atoms with Gasteiger partial charge in [0.05, 0.1) is 25.3 Å². The quantitative estimate of drug-likeness (QED) is 0.270. The fourth-order valence-electron chi connectivity index (χ4n) is 3.47. The molecule has 0 atom stereocenters. The van der Waals surface area contributed by atoms with Gasteiger partial charge in [0, 0.05) is 18.1 Å². The Hall–Kier alpha value is -4.01. The minimum Gasteiger partial charge on any atom is -0.362 e. The van der Waals surface area contributed by atoms with E-state index in [4.69, 9.17) is 0 Å². The van der Waals surface area contributed by atoms with Crippen LogP contribution in [-0.2, 0) is 19.7 Å². The van der Waals surface area contributed by atoms with Crippen LogP contribution in [0.15, 0.2) is 134 Å². The zero-order chi connectivity index (χ0) is 26.5. The lowest BCUT2D eigenvalue weighted by Crippen LogP contribution is -2.02. The van der Waals surface area contributed by atoms with Gasteiger partial charge in [-0.05, 0) is 92.7 Å². The van der Waals surface area contributed by atoms with Crippen molar-refractivity contribution >= 4 is 37.3 Å². The molecule has 0 radical (unpaired) electrons. The molecule has 37 heavy (non-hydrogen) atoms. The fourth-order valence-corrected chi connectivity index (χ4v) is 5.99. The summed E-state index contributed by atoms with van der Waals surface area (Å²) in [4.78, 5) is 5.25. The standard InChI is InChI=1S/C29H26N2O4S2/c1-22-4-12-26(13-5-22)36(32,33)28-16-8-24(9-17-28)30-20-3-21-31-25-10-18-29(19-11-25)37(34,35)27-14-6-23(2)7-15-27/h3-21,30H,1-2H3/b20-3-,31-21?. The summed E-state index contributed by atoms with van der Waals surface area (Å²) in [5.74, 6) is 0. The summed E-state index contributed by atoms with van der Waals surface area (Å²) >= 11 is 0. The lowest BCUT2D eigenvalue weighted by atomic mass is 10.2. The number of hydrogen-bond donors (Lipinski definition) is 1. The molecular weight excluding hydrogens is 504 g/mol. The highest BCUT2D eigenvalue weighted by Gasteiger charge is 2.18. The fraction of sp³-hybridized carbons (Fsp3) is 0.0690. The first kappa shape index (κ1) is 26.1. The van der Waals surface area contributed by atoms with Crippen LogP contribution in [0.25, 0.3) is 0 Å². The molecule has 4 rings (SSSR count). The number of allylic oxidation sites excluding steroid dienone is 1. The molecule has 0 spiro atoms. The lowest BCUT2D eigenvalue weighted by molar-refractivity contribution is 0.594. The van der Waals surface area contributed by atoms with Gasteiger partial charge in [-0.2, -0.15) is 0 Å². The maximum atomic E-state index is 12.8. The summed E-state index contributed by atoms with van der Waals surface area (Å²) in [5, 5.41) is 3.06. The second-order valence-corrected chi connectivity index (χ2v) is 12.3. The second-order valence-electron chi connectivity index (χ2n) is 8.43. The number of anilines is 1. The molecule has 0 saturated heterocycles. The Kier molecular flexibility index (Phi) is 7.71. The molecule has 4 aromatic carbocycles. The van der Waals surface area contributed by atoms with Gasteiger partial charge in [-0.25, -0.2) is 16.8 Å². The average Bonchev–Trinajstić information content (AvgIpc) is 2.89. The molecule has 188 valence electrons. The maximum Gasteiger partial charge on any atom is 0.206 e. The van der Waals surface area contributed by atoms with Crippen molar-refractivity contribution in [3.8, 4) is 0 Å². The zero-order valence-electron chi connectivity index (χ0n) is 20.4. The molecule has 6 nitrogen and oxygen atoms in total. The Morgan fingerprint density at radius 1 is 0.568 bits per heavy atom. The highest BCUT2D eigenvalue weighted by Crippen LogP contribution is 2.24. The summed E-state index contributed by atoms with van der Waals surface area (Å²) in [6, 6.07) is 26.4. The van der Waals surface area contributed by atoms with E-state index >= 15 is 0 Å². The van der Waals surface area contributed by atoms with E-state index in [-0.39, 0.29) is 19.6 Å². The first-order valence-corrected chi connectivity index (χ1v) is 14.4. The molecule has 0 aliphatic rings. The van der Waals surface area contributed by atoms with E-state index < -0.39 is 19.7 Å². The molecule has 0 amide bonds. The first-order valence-electron chi connectivity index (χ1n) is 11.5. The van der Waals surface area contributed by atoms with Gasteiger partial charge in [0.2, 0.25) is 19.7 Å². The molecule has 1 N–H and O–H groups in total. The van der Waals surface area contributed by atoms with Crippen LogP contribution in [-0.4, -0.2) is 23.1 Å². The topological polar surface area (TPSA) is 92.7 Å². The molecule has 0 aromatic heterocycles. The van der Waals surface area contributed by atoms with Crippen molar-refractivity contribution in [1.82, 2.24) is 0 Å². The number of nitrogens with zero attached hydrogens (tertiary/aromatic N) is 1. The number of nitrogens with one attached hydrogen (secondary N) is 1. The van der Waals surface area contributed by atoms with Crippen molar-refractivity contribution in [2.24, 2.45) is 4.99 Å². The minimum absolute atomic E-state index is 0.209. The zero-order valence-corrected chi connectivity index (χ0v) is 22.0. The average molecular weight is 531 g/mol. The van der Waals surface area contributed by atoms with E-state index in [1.54, 1.807) is 103 Å². The summed E-state index contributed by atoms with van der Waals surface area (Å²) < 4.78 is 51.0. The van der Waals surface area contributed by atoms with Crippen molar-refractivity contribution in [2.45, 2.75) is 33.4 Å². The number of sulfone groups is 2. The van der Waals surface area contributed by atoms with Crippen LogP contribution in [0.4, 0.5) is 11.4 Å². The number of hydrogen-bond acceptors (Lipinski definition) is 6. The third-order valence-electron chi connectivity index (χ3n) is 5.63. The van der Waals surface area contributed by atoms with E-state index in [1.807, 2.05) is 13.8 Å². The van der Waals surface area contributed by atoms with Crippen molar-refractivity contribution in [2.75, 3.05) is 5.32 Å². The number of aryl methyl sites for hydroxylation is 2. The molecule has 4 aromatic rings. The second kappa shape index (κ2) is 10.9. The summed E-state index contributed by atoms with van der Waals surface area (Å²) in [6.07, 6.45) is 4.93. The van der Waals surface area contributed by atoms with Crippen LogP contribution in [0.2, 0.25) is 0 Å². The number of aliphatic imine (C=N–C) groups is 1. The summed E-state index contributed by atoms with van der Waals surface area (Å²) in [6.45, 7) is 3.81. The van der Waals surface area contributed by atoms with E-state index in [2.05, 4.69) is 10.3 Å². The van der Waals surface area contributed by atoms with Crippen LogP contribution in [0.5, 0.6) is 0 Å². The van der Waals surface area contributed by atoms with E-state index in [0.29, 0.717) is 5.69 Å². The molecule has 0 saturated carbocycles. The molecule has 0 aliphatic carbocycles. The molecular formula is C29H26N2O4S2. The van der Waals surface area contributed by atoms with Gasteiger partial charge in [0.15, 0.2) is 0 Å². The van der Waals surface area contributed by atoms with Crippen LogP contribution in [0.1, 0.15) is 11.1 Å². The van der Waals surface area contributed by atoms with Gasteiger partial charge in [0.1, 0.15) is 0 Å². The van der Waals surface area contributed by atoms with Crippen molar-refractivity contribution in [3.63, 3.8) is 0 Å². The van der Waals surface area contributed by atoms with Crippen molar-refractivity contribution in [3.05, 3.63) is 120 Å². The molecule has 0 unspecified atom stereocenters. The first-order chi connectivity index (χ1) is 17.7. The highest BCUT2D eigenvalue weighted by atomic mass is 32.2. The lowest BCUT2D eigenvalue weighted by Gasteiger charge is -2.06. The number of benzene rings is 4. The van der Waals surface area contributed by atoms with Gasteiger partial charge in [-0.1, -0.05) is 35.4 Å². The Morgan fingerprint density at radius 3 is 1.38 bits per heavy atom. The van der Waals surface area contributed by atoms with E-state index in [0.717, 1.165) is 16.8 Å². The van der Waals surface area contributed by atoms with Crippen molar-refractivity contribution < 1.29 is 16.8 Å². The molecule has 0 fully saturated rings. The van der Waals surface area contributed by atoms with Gasteiger partial charge >= 0.3 is 0 Å². The Labute approximate surface area is 217 Å². The molecule has 0 heterocycles.